The zero-order chi connectivity index (χ0) is 16.3. The summed E-state index contributed by atoms with van der Waals surface area (Å²) in [5.41, 5.74) is -1.27. The van der Waals surface area contributed by atoms with Crippen LogP contribution in [-0.4, -0.2) is 39.0 Å². The van der Waals surface area contributed by atoms with E-state index in [2.05, 4.69) is 20.6 Å². The Morgan fingerprint density at radius 1 is 1.36 bits per heavy atom. The SMILES string of the molecule is Cc1cc2c(NCCC(=O)NC(C)(C)C(=O)O)ncnc2s1. The predicted molar refractivity (Wildman–Crippen MR) is 85.1 cm³/mol. The topological polar surface area (TPSA) is 104 Å². The van der Waals surface area contributed by atoms with E-state index in [0.29, 0.717) is 12.4 Å². The number of aromatic nitrogens is 2. The number of anilines is 1. The molecule has 2 aromatic heterocycles. The summed E-state index contributed by atoms with van der Waals surface area (Å²) in [4.78, 5) is 33.1. The third-order valence-corrected chi connectivity index (χ3v) is 4.04. The summed E-state index contributed by atoms with van der Waals surface area (Å²) in [5.74, 6) is -0.716. The van der Waals surface area contributed by atoms with E-state index < -0.39 is 11.5 Å². The predicted octanol–water partition coefficient (Wildman–Crippen LogP) is 1.78. The van der Waals surface area contributed by atoms with E-state index >= 15 is 0 Å². The molecule has 0 saturated heterocycles. The van der Waals surface area contributed by atoms with Crippen molar-refractivity contribution in [2.45, 2.75) is 32.7 Å². The van der Waals surface area contributed by atoms with Crippen molar-refractivity contribution in [2.24, 2.45) is 0 Å². The smallest absolute Gasteiger partial charge is 0.328 e. The minimum Gasteiger partial charge on any atom is -0.480 e. The Kier molecular flexibility index (Phi) is 4.60. The van der Waals surface area contributed by atoms with Crippen LogP contribution in [0.15, 0.2) is 12.4 Å². The summed E-state index contributed by atoms with van der Waals surface area (Å²) < 4.78 is 0. The molecule has 0 atom stereocenters. The van der Waals surface area contributed by atoms with E-state index in [1.54, 1.807) is 11.3 Å². The first-order valence-electron chi connectivity index (χ1n) is 6.79. The zero-order valence-electron chi connectivity index (χ0n) is 12.6. The number of nitrogens with one attached hydrogen (secondary N) is 2. The number of fused-ring (bicyclic) bond motifs is 1. The molecule has 0 unspecified atom stereocenters. The van der Waals surface area contributed by atoms with Crippen LogP contribution < -0.4 is 10.6 Å². The molecule has 8 heteroatoms. The third-order valence-electron chi connectivity index (χ3n) is 3.08. The monoisotopic (exact) mass is 322 g/mol. The van der Waals surface area contributed by atoms with Gasteiger partial charge in [0.25, 0.3) is 0 Å². The van der Waals surface area contributed by atoms with E-state index in [4.69, 9.17) is 5.11 Å². The summed E-state index contributed by atoms with van der Waals surface area (Å²) in [6, 6.07) is 2.00. The van der Waals surface area contributed by atoms with Crippen LogP contribution in [0.3, 0.4) is 0 Å². The van der Waals surface area contributed by atoms with Crippen molar-refractivity contribution in [1.82, 2.24) is 15.3 Å². The number of carboxylic acid groups (broad SMARTS) is 1. The second-order valence-corrected chi connectivity index (χ2v) is 6.69. The number of hydrogen-bond donors (Lipinski definition) is 3. The van der Waals surface area contributed by atoms with Crippen molar-refractivity contribution >= 4 is 39.2 Å². The van der Waals surface area contributed by atoms with Crippen molar-refractivity contribution < 1.29 is 14.7 Å². The fraction of sp³-hybridized carbons (Fsp3) is 0.429. The molecule has 0 aromatic carbocycles. The Bertz CT molecular complexity index is 711. The standard InChI is InChI=1S/C14H18N4O3S/c1-8-6-9-11(16-7-17-12(9)22-8)15-5-4-10(19)18-14(2,3)13(20)21/h6-7H,4-5H2,1-3H3,(H,18,19)(H,20,21)(H,15,16,17). The molecule has 3 N–H and O–H groups in total. The maximum absolute atomic E-state index is 11.8. The molecule has 0 saturated carbocycles. The summed E-state index contributed by atoms with van der Waals surface area (Å²) in [6.45, 7) is 5.26. The number of thiophene rings is 1. The summed E-state index contributed by atoms with van der Waals surface area (Å²) in [5, 5.41) is 15.5. The van der Waals surface area contributed by atoms with Crippen LogP contribution in [-0.2, 0) is 9.59 Å². The number of carbonyl (C=O) groups is 2. The van der Waals surface area contributed by atoms with Gasteiger partial charge >= 0.3 is 5.97 Å². The molecule has 2 heterocycles. The number of carboxylic acids is 1. The Balaban J connectivity index is 1.93. The molecule has 22 heavy (non-hydrogen) atoms. The van der Waals surface area contributed by atoms with Crippen LogP contribution in [0.5, 0.6) is 0 Å². The van der Waals surface area contributed by atoms with E-state index in [1.807, 2.05) is 13.0 Å². The van der Waals surface area contributed by atoms with Gasteiger partial charge in [-0.25, -0.2) is 14.8 Å². The number of rotatable bonds is 6. The van der Waals surface area contributed by atoms with Gasteiger partial charge < -0.3 is 15.7 Å². The quantitative estimate of drug-likeness (QED) is 0.749. The van der Waals surface area contributed by atoms with Crippen molar-refractivity contribution in [2.75, 3.05) is 11.9 Å². The molecular formula is C14H18N4O3S. The van der Waals surface area contributed by atoms with E-state index in [1.165, 1.54) is 20.2 Å². The second-order valence-electron chi connectivity index (χ2n) is 5.45. The first-order chi connectivity index (χ1) is 10.3. The molecule has 1 amide bonds. The molecule has 7 nitrogen and oxygen atoms in total. The Morgan fingerprint density at radius 2 is 2.09 bits per heavy atom. The normalized spacial score (nSPS) is 11.4. The van der Waals surface area contributed by atoms with Gasteiger partial charge in [0.2, 0.25) is 5.91 Å². The molecule has 0 aliphatic carbocycles. The fourth-order valence-electron chi connectivity index (χ4n) is 1.88. The lowest BCUT2D eigenvalue weighted by atomic mass is 10.1. The van der Waals surface area contributed by atoms with E-state index in [-0.39, 0.29) is 12.3 Å². The highest BCUT2D eigenvalue weighted by Gasteiger charge is 2.28. The lowest BCUT2D eigenvalue weighted by Gasteiger charge is -2.21. The highest BCUT2D eigenvalue weighted by atomic mass is 32.1. The van der Waals surface area contributed by atoms with Gasteiger partial charge in [0, 0.05) is 17.8 Å². The maximum atomic E-state index is 11.8. The molecule has 0 bridgehead atoms. The minimum atomic E-state index is -1.27. The molecule has 0 fully saturated rings. The van der Waals surface area contributed by atoms with Gasteiger partial charge in [0.15, 0.2) is 0 Å². The number of carbonyl (C=O) groups excluding carboxylic acids is 1. The van der Waals surface area contributed by atoms with Gasteiger partial charge in [-0.1, -0.05) is 0 Å². The highest BCUT2D eigenvalue weighted by molar-refractivity contribution is 7.18. The number of amides is 1. The molecule has 0 aliphatic rings. The maximum Gasteiger partial charge on any atom is 0.328 e. The van der Waals surface area contributed by atoms with Gasteiger partial charge in [-0.2, -0.15) is 0 Å². The Hall–Kier alpha value is -2.22. The lowest BCUT2D eigenvalue weighted by Crippen LogP contribution is -2.49. The van der Waals surface area contributed by atoms with Crippen LogP contribution in [0.25, 0.3) is 10.2 Å². The lowest BCUT2D eigenvalue weighted by molar-refractivity contribution is -0.146. The molecule has 2 rings (SSSR count). The average molecular weight is 322 g/mol. The van der Waals surface area contributed by atoms with E-state index in [0.717, 1.165) is 15.1 Å². The molecule has 0 radical (unpaired) electrons. The average Bonchev–Trinajstić information content (AvgIpc) is 2.79. The molecule has 118 valence electrons. The van der Waals surface area contributed by atoms with Crippen LogP contribution in [0.1, 0.15) is 25.1 Å². The van der Waals surface area contributed by atoms with Crippen molar-refractivity contribution in [3.05, 3.63) is 17.3 Å². The highest BCUT2D eigenvalue weighted by Crippen LogP contribution is 2.27. The van der Waals surface area contributed by atoms with Crippen LogP contribution in [0.4, 0.5) is 5.82 Å². The van der Waals surface area contributed by atoms with Gasteiger partial charge in [-0.05, 0) is 26.8 Å². The fourth-order valence-corrected chi connectivity index (χ4v) is 2.72. The number of aliphatic carboxylic acids is 1. The van der Waals surface area contributed by atoms with E-state index in [9.17, 15) is 9.59 Å². The van der Waals surface area contributed by atoms with Crippen molar-refractivity contribution in [3.63, 3.8) is 0 Å². The molecule has 0 aliphatic heterocycles. The Labute approximate surface area is 131 Å². The van der Waals surface area contributed by atoms with Crippen LogP contribution in [0, 0.1) is 6.92 Å². The minimum absolute atomic E-state index is 0.158. The number of hydrogen-bond acceptors (Lipinski definition) is 6. The Morgan fingerprint density at radius 3 is 2.77 bits per heavy atom. The van der Waals surface area contributed by atoms with Crippen LogP contribution >= 0.6 is 11.3 Å². The molecule has 2 aromatic rings. The van der Waals surface area contributed by atoms with Gasteiger partial charge in [-0.3, -0.25) is 4.79 Å². The zero-order valence-corrected chi connectivity index (χ0v) is 13.5. The van der Waals surface area contributed by atoms with Crippen molar-refractivity contribution in [1.29, 1.82) is 0 Å². The van der Waals surface area contributed by atoms with Gasteiger partial charge in [0.05, 0.1) is 5.39 Å². The van der Waals surface area contributed by atoms with Gasteiger partial charge in [0.1, 0.15) is 22.5 Å². The first kappa shape index (κ1) is 16.2. The number of aryl methyl sites for hydroxylation is 1. The largest absolute Gasteiger partial charge is 0.480 e. The first-order valence-corrected chi connectivity index (χ1v) is 7.60. The number of nitrogens with zero attached hydrogens (tertiary/aromatic N) is 2. The van der Waals surface area contributed by atoms with Crippen LogP contribution in [0.2, 0.25) is 0 Å². The van der Waals surface area contributed by atoms with Crippen molar-refractivity contribution in [3.8, 4) is 0 Å². The summed E-state index contributed by atoms with van der Waals surface area (Å²) in [7, 11) is 0. The summed E-state index contributed by atoms with van der Waals surface area (Å²) in [6.07, 6.45) is 1.64. The summed E-state index contributed by atoms with van der Waals surface area (Å²) >= 11 is 1.58. The second kappa shape index (κ2) is 6.27. The molecular weight excluding hydrogens is 304 g/mol. The third kappa shape index (κ3) is 3.70. The van der Waals surface area contributed by atoms with Gasteiger partial charge in [-0.15, -0.1) is 11.3 Å². The molecule has 0 spiro atoms.